The zero-order valence-electron chi connectivity index (χ0n) is 5.25. The fourth-order valence-corrected chi connectivity index (χ4v) is 0.605. The van der Waals surface area contributed by atoms with Crippen LogP contribution in [0.4, 0.5) is 0 Å². The molecule has 0 heteroatoms. The minimum absolute atomic E-state index is 1.02. The lowest BCUT2D eigenvalue weighted by Gasteiger charge is -1.74. The molecule has 0 fully saturated rings. The fraction of sp³-hybridized carbons (Fsp3) is 0.111. The Morgan fingerprint density at radius 1 is 1.00 bits per heavy atom. The molecule has 0 heterocycles. The van der Waals surface area contributed by atoms with Crippen LogP contribution in [0.15, 0.2) is 42.5 Å². The molecular weight excluding hydrogens is 108 g/mol. The van der Waals surface area contributed by atoms with Gasteiger partial charge in [0.2, 0.25) is 0 Å². The molecule has 0 nitrogen and oxygen atoms in total. The van der Waals surface area contributed by atoms with Crippen molar-refractivity contribution in [2.24, 2.45) is 0 Å². The largest absolute Gasteiger partial charge is 0.0807 e. The first-order chi connectivity index (χ1) is 4.50. The van der Waals surface area contributed by atoms with Crippen LogP contribution in [-0.2, 0) is 0 Å². The van der Waals surface area contributed by atoms with Crippen molar-refractivity contribution in [3.63, 3.8) is 0 Å². The van der Waals surface area contributed by atoms with Gasteiger partial charge in [-0.05, 0) is 12.5 Å². The van der Waals surface area contributed by atoms with Gasteiger partial charge in [-0.15, -0.1) is 0 Å². The van der Waals surface area contributed by atoms with E-state index in [0.29, 0.717) is 0 Å². The minimum atomic E-state index is 1.02. The zero-order chi connectivity index (χ0) is 6.36. The lowest BCUT2D eigenvalue weighted by atomic mass is 10.3. The molecule has 0 aromatic heterocycles. The second-order valence-corrected chi connectivity index (χ2v) is 1.78. The Kier molecular flexibility index (Phi) is 2.64. The Balaban J connectivity index is 2.60. The molecule has 0 spiro atoms. The molecule has 0 aromatic carbocycles. The van der Waals surface area contributed by atoms with Crippen LogP contribution in [-0.4, -0.2) is 0 Å². The molecular formula is C9H9. The van der Waals surface area contributed by atoms with Crippen LogP contribution >= 0.6 is 0 Å². The van der Waals surface area contributed by atoms with Gasteiger partial charge in [0.1, 0.15) is 0 Å². The maximum Gasteiger partial charge on any atom is -0.0163 e. The molecule has 1 rings (SSSR count). The molecule has 1 aliphatic carbocycles. The Morgan fingerprint density at radius 3 is 2.89 bits per heavy atom. The summed E-state index contributed by atoms with van der Waals surface area (Å²) in [4.78, 5) is 0. The highest BCUT2D eigenvalue weighted by Crippen LogP contribution is 1.90. The predicted molar refractivity (Wildman–Crippen MR) is 39.9 cm³/mol. The summed E-state index contributed by atoms with van der Waals surface area (Å²) in [7, 11) is 0. The average Bonchev–Trinajstić information content (AvgIpc) is 2.00. The van der Waals surface area contributed by atoms with E-state index in [-0.39, 0.29) is 0 Å². The van der Waals surface area contributed by atoms with Gasteiger partial charge in [0, 0.05) is 0 Å². The highest BCUT2D eigenvalue weighted by Gasteiger charge is 1.70. The molecule has 0 saturated heterocycles. The van der Waals surface area contributed by atoms with Crippen LogP contribution in [0.2, 0.25) is 0 Å². The van der Waals surface area contributed by atoms with Gasteiger partial charge in [0.05, 0.1) is 0 Å². The van der Waals surface area contributed by atoms with E-state index in [2.05, 4.69) is 18.2 Å². The van der Waals surface area contributed by atoms with Crippen molar-refractivity contribution < 1.29 is 0 Å². The first-order valence-electron chi connectivity index (χ1n) is 3.06. The van der Waals surface area contributed by atoms with Crippen LogP contribution in [0.5, 0.6) is 0 Å². The van der Waals surface area contributed by atoms with Crippen LogP contribution in [0.1, 0.15) is 6.42 Å². The molecule has 0 N–H and O–H groups in total. The van der Waals surface area contributed by atoms with Gasteiger partial charge in [-0.25, -0.2) is 0 Å². The first-order valence-corrected chi connectivity index (χ1v) is 3.06. The minimum Gasteiger partial charge on any atom is -0.0807 e. The number of hydrogen-bond acceptors (Lipinski definition) is 0. The van der Waals surface area contributed by atoms with Crippen molar-refractivity contribution in [2.45, 2.75) is 6.42 Å². The van der Waals surface area contributed by atoms with Gasteiger partial charge in [-0.3, -0.25) is 0 Å². The number of rotatable bonds is 0. The molecule has 0 unspecified atom stereocenters. The second-order valence-electron chi connectivity index (χ2n) is 1.78. The van der Waals surface area contributed by atoms with Gasteiger partial charge in [-0.1, -0.05) is 42.5 Å². The number of allylic oxidation sites excluding steroid dienone is 8. The van der Waals surface area contributed by atoms with Crippen molar-refractivity contribution in [1.82, 2.24) is 0 Å². The Morgan fingerprint density at radius 2 is 1.89 bits per heavy atom. The van der Waals surface area contributed by atoms with E-state index in [1.54, 1.807) is 0 Å². The van der Waals surface area contributed by atoms with E-state index >= 15 is 0 Å². The van der Waals surface area contributed by atoms with Crippen LogP contribution in [0, 0.1) is 6.08 Å². The summed E-state index contributed by atoms with van der Waals surface area (Å²) in [6.45, 7) is 0. The van der Waals surface area contributed by atoms with E-state index in [1.165, 1.54) is 0 Å². The smallest absolute Gasteiger partial charge is 0.0163 e. The predicted octanol–water partition coefficient (Wildman–Crippen LogP) is 2.42. The molecule has 1 radical (unpaired) electrons. The lowest BCUT2D eigenvalue weighted by Crippen LogP contribution is -1.53. The van der Waals surface area contributed by atoms with Crippen molar-refractivity contribution in [2.75, 3.05) is 0 Å². The summed E-state index contributed by atoms with van der Waals surface area (Å²) < 4.78 is 0. The topological polar surface area (TPSA) is 0 Å². The maximum absolute atomic E-state index is 2.98. The summed E-state index contributed by atoms with van der Waals surface area (Å²) in [6.07, 6.45) is 18.0. The highest BCUT2D eigenvalue weighted by molar-refractivity contribution is 5.14. The lowest BCUT2D eigenvalue weighted by molar-refractivity contribution is 1.40. The summed E-state index contributed by atoms with van der Waals surface area (Å²) in [5, 5.41) is 0. The molecule has 0 bridgehead atoms. The molecule has 0 atom stereocenters. The van der Waals surface area contributed by atoms with Crippen LogP contribution in [0.25, 0.3) is 0 Å². The highest BCUT2D eigenvalue weighted by atomic mass is 13.8. The third kappa shape index (κ3) is 2.70. The van der Waals surface area contributed by atoms with Gasteiger partial charge < -0.3 is 0 Å². The van der Waals surface area contributed by atoms with Gasteiger partial charge in [0.15, 0.2) is 0 Å². The van der Waals surface area contributed by atoms with E-state index in [0.717, 1.165) is 6.42 Å². The van der Waals surface area contributed by atoms with E-state index in [1.807, 2.05) is 30.4 Å². The Bertz CT molecular complexity index is 148. The van der Waals surface area contributed by atoms with Gasteiger partial charge in [-0.2, -0.15) is 0 Å². The van der Waals surface area contributed by atoms with E-state index in [4.69, 9.17) is 0 Å². The number of hydrogen-bond donors (Lipinski definition) is 0. The van der Waals surface area contributed by atoms with Crippen molar-refractivity contribution in [3.05, 3.63) is 48.6 Å². The molecule has 0 aliphatic heterocycles. The average molecular weight is 117 g/mol. The summed E-state index contributed by atoms with van der Waals surface area (Å²) >= 11 is 0. The van der Waals surface area contributed by atoms with Crippen molar-refractivity contribution in [3.8, 4) is 0 Å². The summed E-state index contributed by atoms with van der Waals surface area (Å²) in [5.74, 6) is 0. The van der Waals surface area contributed by atoms with Crippen LogP contribution < -0.4 is 0 Å². The summed E-state index contributed by atoms with van der Waals surface area (Å²) in [5.41, 5.74) is 0. The molecule has 0 amide bonds. The molecule has 1 aliphatic rings. The SMILES string of the molecule is [C]1=CC=CCC=CC=C1. The monoisotopic (exact) mass is 117 g/mol. The first kappa shape index (κ1) is 6.09. The Hall–Kier alpha value is -1.04. The summed E-state index contributed by atoms with van der Waals surface area (Å²) in [6, 6.07) is 0. The third-order valence-corrected chi connectivity index (χ3v) is 1.04. The van der Waals surface area contributed by atoms with E-state index < -0.39 is 0 Å². The Labute approximate surface area is 55.9 Å². The molecule has 0 saturated carbocycles. The quantitative estimate of drug-likeness (QED) is 0.457. The zero-order valence-corrected chi connectivity index (χ0v) is 5.25. The molecule has 0 aromatic rings. The standard InChI is InChI=1S/C9H9/c1-2-4-6-8-9-7-5-3-1/h1-4,7-9H,5H2. The maximum atomic E-state index is 2.98. The van der Waals surface area contributed by atoms with Gasteiger partial charge in [0.25, 0.3) is 0 Å². The van der Waals surface area contributed by atoms with E-state index in [9.17, 15) is 0 Å². The van der Waals surface area contributed by atoms with Crippen molar-refractivity contribution >= 4 is 0 Å². The van der Waals surface area contributed by atoms with Gasteiger partial charge >= 0.3 is 0 Å². The molecule has 9 heavy (non-hydrogen) atoms. The second kappa shape index (κ2) is 3.90. The molecule has 45 valence electrons. The normalized spacial score (nSPS) is 16.9. The fourth-order valence-electron chi connectivity index (χ4n) is 0.605. The third-order valence-electron chi connectivity index (χ3n) is 1.04. The van der Waals surface area contributed by atoms with Crippen molar-refractivity contribution in [1.29, 1.82) is 0 Å². The van der Waals surface area contributed by atoms with Crippen LogP contribution in [0.3, 0.4) is 0 Å².